The number of nitriles is 2. The minimum atomic E-state index is -0.644. The van der Waals surface area contributed by atoms with Crippen LogP contribution in [0.25, 0.3) is 0 Å². The Kier molecular flexibility index (Phi) is 25.6. The lowest BCUT2D eigenvalue weighted by molar-refractivity contribution is -0.152. The van der Waals surface area contributed by atoms with E-state index in [1.807, 2.05) is 12.1 Å². The van der Waals surface area contributed by atoms with E-state index in [0.717, 1.165) is 46.8 Å². The highest BCUT2D eigenvalue weighted by molar-refractivity contribution is 8.24. The molecule has 22 nitrogen and oxygen atoms in total. The maximum Gasteiger partial charge on any atom is 0.330 e. The van der Waals surface area contributed by atoms with E-state index in [2.05, 4.69) is 13.2 Å². The highest BCUT2D eigenvalue weighted by Crippen LogP contribution is 2.59. The zero-order valence-corrected chi connectivity index (χ0v) is 47.3. The van der Waals surface area contributed by atoms with Crippen molar-refractivity contribution in [2.45, 2.75) is 99.7 Å². The summed E-state index contributed by atoms with van der Waals surface area (Å²) in [6.07, 6.45) is 4.72. The Labute approximate surface area is 492 Å². The lowest BCUT2D eigenvalue weighted by Gasteiger charge is -2.26. The summed E-state index contributed by atoms with van der Waals surface area (Å²) in [6.45, 7) is 6.06. The number of fused-ring (bicyclic) bond motifs is 1. The van der Waals surface area contributed by atoms with Gasteiger partial charge >= 0.3 is 59.7 Å². The van der Waals surface area contributed by atoms with Crippen molar-refractivity contribution in [2.24, 2.45) is 23.7 Å². The van der Waals surface area contributed by atoms with E-state index in [-0.39, 0.29) is 82.4 Å². The quantitative estimate of drug-likeness (QED) is 0.0166. The zero-order chi connectivity index (χ0) is 60.4. The maximum atomic E-state index is 13.6. The van der Waals surface area contributed by atoms with Gasteiger partial charge in [0, 0.05) is 25.0 Å². The Morgan fingerprint density at radius 2 is 0.726 bits per heavy atom. The number of benzene rings is 3. The van der Waals surface area contributed by atoms with Crippen molar-refractivity contribution < 1.29 is 95.3 Å². The first-order valence-electron chi connectivity index (χ1n) is 26.9. The van der Waals surface area contributed by atoms with Crippen molar-refractivity contribution in [1.29, 1.82) is 10.5 Å². The van der Waals surface area contributed by atoms with Crippen LogP contribution >= 0.6 is 23.5 Å². The van der Waals surface area contributed by atoms with E-state index in [1.165, 1.54) is 12.1 Å². The van der Waals surface area contributed by atoms with Crippen LogP contribution in [0.3, 0.4) is 0 Å². The molecule has 0 amide bonds. The van der Waals surface area contributed by atoms with Crippen LogP contribution in [0, 0.1) is 46.3 Å². The average Bonchev–Trinajstić information content (AvgIpc) is 3.51. The summed E-state index contributed by atoms with van der Waals surface area (Å²) in [5, 5.41) is 19.4. The van der Waals surface area contributed by atoms with Crippen LogP contribution in [0.15, 0.2) is 106 Å². The molecule has 0 bridgehead atoms. The highest BCUT2D eigenvalue weighted by atomic mass is 32.2. The summed E-state index contributed by atoms with van der Waals surface area (Å²) in [5.41, 5.74) is 1.43. The molecule has 3 aromatic carbocycles. The standard InChI is InChI=1S/C60H60N2O20S2/c1-3-48(63)75-31-33-77-52(67)25-23-50(65)73-29-27-37-5-17-44(18-6-37)79-56(69)39-9-13-41(14-10-39)58(71)81-46-21-22-47(55-54(46)83-60(84-55)43(35-61)36-62)82-59(72)42-15-11-40(12-16-42)57(70)80-45-19-7-38(8-20-45)28-30-74-51(66)24-26-53(68)78-34-32-76-49(64)4-2/h3-8,17-22,39-42H,1-2,9-16,23-34H2/t39-,40-,41-,42-. The van der Waals surface area contributed by atoms with E-state index in [9.17, 15) is 58.5 Å². The van der Waals surface area contributed by atoms with Gasteiger partial charge in [0.25, 0.3) is 0 Å². The Morgan fingerprint density at radius 3 is 1.04 bits per heavy atom. The molecule has 2 aliphatic carbocycles. The van der Waals surface area contributed by atoms with E-state index in [0.29, 0.717) is 89.7 Å². The molecule has 1 aliphatic heterocycles. The molecular formula is C60H60N2O20S2. The molecule has 6 rings (SSSR count). The smallest absolute Gasteiger partial charge is 0.330 e. The second kappa shape index (κ2) is 33.4. The number of rotatable bonds is 28. The van der Waals surface area contributed by atoms with Crippen molar-refractivity contribution >= 4 is 83.2 Å². The van der Waals surface area contributed by atoms with Crippen LogP contribution in [0.4, 0.5) is 0 Å². The first kappa shape index (κ1) is 64.4. The number of allylic oxidation sites excluding steroid dienone is 1. The van der Waals surface area contributed by atoms with Gasteiger partial charge in [-0.15, -0.1) is 0 Å². The number of nitrogens with zero attached hydrogens (tertiary/aromatic N) is 2. The number of ether oxygens (including phenoxy) is 10. The molecule has 0 N–H and O–H groups in total. The molecule has 0 spiro atoms. The first-order chi connectivity index (χ1) is 40.5. The van der Waals surface area contributed by atoms with Gasteiger partial charge < -0.3 is 47.4 Å². The molecule has 0 aromatic heterocycles. The second-order valence-electron chi connectivity index (χ2n) is 19.0. The molecule has 442 valence electrons. The third kappa shape index (κ3) is 20.6. The van der Waals surface area contributed by atoms with E-state index >= 15 is 0 Å². The van der Waals surface area contributed by atoms with Gasteiger partial charge in [0.05, 0.1) is 76.6 Å². The summed E-state index contributed by atoms with van der Waals surface area (Å²) in [6, 6.07) is 20.1. The van der Waals surface area contributed by atoms with Crippen LogP contribution in [0.5, 0.6) is 23.0 Å². The van der Waals surface area contributed by atoms with Crippen molar-refractivity contribution in [3.8, 4) is 35.1 Å². The molecule has 0 unspecified atom stereocenters. The van der Waals surface area contributed by atoms with Gasteiger partial charge in [0.1, 0.15) is 67.1 Å². The van der Waals surface area contributed by atoms with Gasteiger partial charge in [-0.3, -0.25) is 38.4 Å². The third-order valence-electron chi connectivity index (χ3n) is 13.2. The molecule has 3 aliphatic rings. The molecule has 1 heterocycles. The molecule has 0 radical (unpaired) electrons. The van der Waals surface area contributed by atoms with Gasteiger partial charge in [-0.05, 0) is 98.9 Å². The predicted molar refractivity (Wildman–Crippen MR) is 295 cm³/mol. The molecular weight excluding hydrogens is 1130 g/mol. The molecule has 24 heteroatoms. The van der Waals surface area contributed by atoms with Gasteiger partial charge in [0.15, 0.2) is 0 Å². The summed E-state index contributed by atoms with van der Waals surface area (Å²) in [7, 11) is 0. The van der Waals surface area contributed by atoms with Crippen molar-refractivity contribution in [3.05, 3.63) is 107 Å². The SMILES string of the molecule is C=CC(=O)OCCOC(=O)CCC(=O)OCCc1ccc(OC(=O)[C@H]2CC[C@H](C(=O)Oc3ccc(OC(=O)[C@H]4CC[C@H](C(=O)Oc5ccc(CCOC(=O)CCC(=O)OCCOC(=O)C=C)cc5)CC4)c4c3SC(=C(C#N)C#N)S4)CC2)cc1. The van der Waals surface area contributed by atoms with E-state index < -0.39 is 83.4 Å². The zero-order valence-electron chi connectivity index (χ0n) is 45.7. The summed E-state index contributed by atoms with van der Waals surface area (Å²) < 4.78 is 53.1. The molecule has 3 aromatic rings. The number of carbonyl (C=O) groups excluding carboxylic acids is 10. The van der Waals surface area contributed by atoms with Crippen molar-refractivity contribution in [1.82, 2.24) is 0 Å². The normalized spacial score (nSPS) is 16.7. The topological polar surface area (TPSA) is 311 Å². The number of esters is 10. The lowest BCUT2D eigenvalue weighted by Crippen LogP contribution is -2.30. The van der Waals surface area contributed by atoms with Gasteiger partial charge in [-0.1, -0.05) is 60.9 Å². The fourth-order valence-corrected chi connectivity index (χ4v) is 11.1. The van der Waals surface area contributed by atoms with Gasteiger partial charge in [0.2, 0.25) is 0 Å². The highest BCUT2D eigenvalue weighted by Gasteiger charge is 2.37. The van der Waals surface area contributed by atoms with Crippen LogP contribution in [0.1, 0.15) is 88.2 Å². The van der Waals surface area contributed by atoms with Gasteiger partial charge in [-0.2, -0.15) is 10.5 Å². The number of thioether (sulfide) groups is 2. The third-order valence-corrected chi connectivity index (χ3v) is 15.9. The summed E-state index contributed by atoms with van der Waals surface area (Å²) >= 11 is 2.09. The minimum absolute atomic E-state index is 0.0513. The molecule has 2 saturated carbocycles. The minimum Gasteiger partial charge on any atom is -0.465 e. The maximum absolute atomic E-state index is 13.6. The largest absolute Gasteiger partial charge is 0.465 e. The lowest BCUT2D eigenvalue weighted by atomic mass is 9.82. The van der Waals surface area contributed by atoms with E-state index in [1.54, 1.807) is 48.5 Å². The summed E-state index contributed by atoms with van der Waals surface area (Å²) in [5.74, 6) is -6.83. The Morgan fingerprint density at radius 1 is 0.429 bits per heavy atom. The Hall–Kier alpha value is -8.74. The number of hydrogen-bond donors (Lipinski definition) is 0. The van der Waals surface area contributed by atoms with Crippen molar-refractivity contribution in [3.63, 3.8) is 0 Å². The monoisotopic (exact) mass is 1190 g/mol. The van der Waals surface area contributed by atoms with Gasteiger partial charge in [-0.25, -0.2) is 9.59 Å². The number of hydrogen-bond acceptors (Lipinski definition) is 24. The first-order valence-corrected chi connectivity index (χ1v) is 28.5. The van der Waals surface area contributed by atoms with Crippen LogP contribution < -0.4 is 18.9 Å². The molecule has 0 saturated heterocycles. The van der Waals surface area contributed by atoms with Crippen LogP contribution in [0.2, 0.25) is 0 Å². The van der Waals surface area contributed by atoms with Crippen molar-refractivity contribution in [2.75, 3.05) is 39.6 Å². The fraction of sp³-hybridized carbons (Fsp3) is 0.400. The number of carbonyl (C=O) groups is 10. The van der Waals surface area contributed by atoms with Crippen LogP contribution in [-0.4, -0.2) is 99.3 Å². The van der Waals surface area contributed by atoms with E-state index in [4.69, 9.17) is 47.4 Å². The molecule has 0 atom stereocenters. The molecule has 84 heavy (non-hydrogen) atoms. The predicted octanol–water partition coefficient (Wildman–Crippen LogP) is 8.05. The Balaban J connectivity index is 0.900. The average molecular weight is 1190 g/mol. The second-order valence-corrected chi connectivity index (χ2v) is 21.3. The Bertz CT molecular complexity index is 2850. The summed E-state index contributed by atoms with van der Waals surface area (Å²) in [4.78, 5) is 124. The fourth-order valence-electron chi connectivity index (χ4n) is 8.64. The van der Waals surface area contributed by atoms with Crippen LogP contribution in [-0.2, 0) is 89.2 Å². The molecule has 2 fully saturated rings.